The van der Waals surface area contributed by atoms with Crippen LogP contribution in [0.1, 0.15) is 6.92 Å². The molecule has 0 spiro atoms. The lowest BCUT2D eigenvalue weighted by Crippen LogP contribution is -2.51. The van der Waals surface area contributed by atoms with E-state index in [1.807, 2.05) is 0 Å². The smallest absolute Gasteiger partial charge is 0.319 e. The molecule has 0 aromatic rings. The van der Waals surface area contributed by atoms with E-state index in [0.29, 0.717) is 0 Å². The molecular weight excluding hydrogens is 400 g/mol. The Balaban J connectivity index is 4.74. The lowest BCUT2D eigenvalue weighted by Gasteiger charge is -2.23. The van der Waals surface area contributed by atoms with Crippen LogP contribution in [0.3, 0.4) is 0 Å². The Morgan fingerprint density at radius 3 is 1.97 bits per heavy atom. The van der Waals surface area contributed by atoms with Gasteiger partial charge >= 0.3 is 5.97 Å². The van der Waals surface area contributed by atoms with Crippen LogP contribution in [0.5, 0.6) is 0 Å². The molecular formula is C17H30N6O7. The minimum Gasteiger partial charge on any atom is -0.468 e. The maximum Gasteiger partial charge on any atom is 0.319 e. The average Bonchev–Trinajstić information content (AvgIpc) is 2.67. The Labute approximate surface area is 174 Å². The minimum absolute atomic E-state index is 0.0157. The molecule has 170 valence electrons. The second kappa shape index (κ2) is 14.9. The first-order valence-electron chi connectivity index (χ1n) is 9.06. The molecule has 0 rings (SSSR count). The molecule has 30 heavy (non-hydrogen) atoms. The van der Waals surface area contributed by atoms with Gasteiger partial charge in [0.1, 0.15) is 12.3 Å². The number of hydrogen-bond donors (Lipinski definition) is 4. The zero-order chi connectivity index (χ0) is 23.1. The van der Waals surface area contributed by atoms with Gasteiger partial charge in [-0.3, -0.25) is 33.7 Å². The minimum atomic E-state index is -0.623. The fourth-order valence-corrected chi connectivity index (χ4v) is 2.02. The highest BCUT2D eigenvalue weighted by atomic mass is 16.5. The number of ketones is 1. The van der Waals surface area contributed by atoms with Crippen LogP contribution < -0.4 is 21.3 Å². The van der Waals surface area contributed by atoms with Crippen molar-refractivity contribution in [3.05, 3.63) is 0 Å². The number of hydrogen-bond acceptors (Lipinski definition) is 9. The maximum absolute atomic E-state index is 12.4. The predicted octanol–water partition coefficient (Wildman–Crippen LogP) is -3.97. The van der Waals surface area contributed by atoms with Crippen LogP contribution in [0.15, 0.2) is 0 Å². The highest BCUT2D eigenvalue weighted by molar-refractivity contribution is 5.90. The molecule has 0 unspecified atom stereocenters. The molecule has 0 aliphatic carbocycles. The van der Waals surface area contributed by atoms with Crippen LogP contribution in [0.4, 0.5) is 0 Å². The van der Waals surface area contributed by atoms with Gasteiger partial charge < -0.3 is 30.9 Å². The summed E-state index contributed by atoms with van der Waals surface area (Å²) < 4.78 is 4.50. The molecule has 4 amide bonds. The van der Waals surface area contributed by atoms with Crippen LogP contribution in [-0.4, -0.2) is 112 Å². The van der Waals surface area contributed by atoms with Crippen molar-refractivity contribution >= 4 is 35.4 Å². The summed E-state index contributed by atoms with van der Waals surface area (Å²) in [5.74, 6) is -2.90. The summed E-state index contributed by atoms with van der Waals surface area (Å²) in [6.45, 7) is -0.216. The second-order valence-electron chi connectivity index (χ2n) is 6.38. The summed E-state index contributed by atoms with van der Waals surface area (Å²) in [6, 6.07) is 0. The monoisotopic (exact) mass is 430 g/mol. The van der Waals surface area contributed by atoms with E-state index in [4.69, 9.17) is 0 Å². The Bertz CT molecular complexity index is 640. The van der Waals surface area contributed by atoms with Crippen LogP contribution in [-0.2, 0) is 33.5 Å². The summed E-state index contributed by atoms with van der Waals surface area (Å²) in [7, 11) is 4.33. The van der Waals surface area contributed by atoms with Crippen molar-refractivity contribution < 1.29 is 33.5 Å². The summed E-state index contributed by atoms with van der Waals surface area (Å²) in [5, 5.41) is 9.85. The van der Waals surface area contributed by atoms with E-state index in [1.165, 1.54) is 26.0 Å². The number of methoxy groups -OCH3 is 1. The van der Waals surface area contributed by atoms with E-state index < -0.39 is 42.7 Å². The second-order valence-corrected chi connectivity index (χ2v) is 6.38. The van der Waals surface area contributed by atoms with Crippen molar-refractivity contribution in [1.29, 1.82) is 0 Å². The quantitative estimate of drug-likeness (QED) is 0.159. The van der Waals surface area contributed by atoms with Gasteiger partial charge in [0.05, 0.1) is 46.5 Å². The lowest BCUT2D eigenvalue weighted by molar-refractivity contribution is -0.142. The van der Waals surface area contributed by atoms with Crippen LogP contribution >= 0.6 is 0 Å². The summed E-state index contributed by atoms with van der Waals surface area (Å²) in [4.78, 5) is 72.4. The Kier molecular flexibility index (Phi) is 13.4. The summed E-state index contributed by atoms with van der Waals surface area (Å²) in [6.07, 6.45) is 0. The number of nitrogens with zero attached hydrogens (tertiary/aromatic N) is 2. The zero-order valence-electron chi connectivity index (χ0n) is 17.7. The van der Waals surface area contributed by atoms with Crippen LogP contribution in [0, 0.1) is 0 Å². The van der Waals surface area contributed by atoms with E-state index >= 15 is 0 Å². The van der Waals surface area contributed by atoms with Gasteiger partial charge in [-0.15, -0.1) is 0 Å². The van der Waals surface area contributed by atoms with Crippen molar-refractivity contribution in [3.8, 4) is 0 Å². The molecule has 0 heterocycles. The first-order chi connectivity index (χ1) is 14.1. The topological polar surface area (TPSA) is 166 Å². The molecule has 0 saturated heterocycles. The third kappa shape index (κ3) is 13.2. The first kappa shape index (κ1) is 26.9. The first-order valence-corrected chi connectivity index (χ1v) is 9.06. The van der Waals surface area contributed by atoms with Gasteiger partial charge in [-0.25, -0.2) is 0 Å². The normalized spacial score (nSPS) is 10.2. The van der Waals surface area contributed by atoms with E-state index in [9.17, 15) is 28.8 Å². The Morgan fingerprint density at radius 1 is 0.800 bits per heavy atom. The highest BCUT2D eigenvalue weighted by Gasteiger charge is 2.19. The fraction of sp³-hybridized carbons (Fsp3) is 0.647. The van der Waals surface area contributed by atoms with Gasteiger partial charge in [-0.1, -0.05) is 0 Å². The number of rotatable bonds is 14. The van der Waals surface area contributed by atoms with E-state index in [-0.39, 0.29) is 38.6 Å². The molecule has 13 heteroatoms. The highest BCUT2D eigenvalue weighted by Crippen LogP contribution is 1.90. The molecule has 0 saturated carbocycles. The number of likely N-dealkylation sites (N-methyl/N-ethyl adjacent to an activating group) is 2. The molecule has 0 aromatic heterocycles. The van der Waals surface area contributed by atoms with Crippen molar-refractivity contribution in [2.24, 2.45) is 0 Å². The van der Waals surface area contributed by atoms with Crippen LogP contribution in [0.2, 0.25) is 0 Å². The number of Topliss-reactive ketones (excluding diaryl/α,β-unsaturated/α-hetero) is 1. The van der Waals surface area contributed by atoms with Crippen molar-refractivity contribution in [1.82, 2.24) is 31.1 Å². The third-order valence-electron chi connectivity index (χ3n) is 3.50. The average molecular weight is 430 g/mol. The third-order valence-corrected chi connectivity index (χ3v) is 3.50. The lowest BCUT2D eigenvalue weighted by atomic mass is 10.4. The molecule has 0 aliphatic heterocycles. The van der Waals surface area contributed by atoms with E-state index in [2.05, 4.69) is 26.0 Å². The Hall–Kier alpha value is -3.06. The fourth-order valence-electron chi connectivity index (χ4n) is 2.02. The largest absolute Gasteiger partial charge is 0.468 e. The summed E-state index contributed by atoms with van der Waals surface area (Å²) >= 11 is 0. The van der Waals surface area contributed by atoms with Gasteiger partial charge in [0, 0.05) is 0 Å². The molecule has 0 bridgehead atoms. The van der Waals surface area contributed by atoms with Gasteiger partial charge in [0.15, 0.2) is 0 Å². The molecule has 0 aromatic carbocycles. The molecule has 0 aliphatic rings. The molecule has 4 N–H and O–H groups in total. The number of carbonyl (C=O) groups excluding carboxylic acids is 6. The van der Waals surface area contributed by atoms with Crippen LogP contribution in [0.25, 0.3) is 0 Å². The number of nitrogens with one attached hydrogen (secondary N) is 4. The van der Waals surface area contributed by atoms with E-state index in [1.54, 1.807) is 7.05 Å². The van der Waals surface area contributed by atoms with Crippen molar-refractivity contribution in [2.45, 2.75) is 6.92 Å². The number of amides is 4. The molecule has 0 fully saturated rings. The molecule has 0 atom stereocenters. The van der Waals surface area contributed by atoms with Crippen molar-refractivity contribution in [3.63, 3.8) is 0 Å². The van der Waals surface area contributed by atoms with E-state index in [0.717, 1.165) is 4.90 Å². The standard InChI is InChI=1S/C17H30N6O7/c1-12(24)5-19-15(27)9-23(11-21-13(25)6-18-2)16(28)7-20-14(26)8-22(3)10-17(29)30-4/h18H,5-11H2,1-4H3,(H,19,27)(H,20,26)(H,21,25). The van der Waals surface area contributed by atoms with Gasteiger partial charge in [-0.2, -0.15) is 0 Å². The predicted molar refractivity (Wildman–Crippen MR) is 105 cm³/mol. The number of carbonyl (C=O) groups is 6. The SMILES string of the molecule is CNCC(=O)NCN(CC(=O)NCC(C)=O)C(=O)CNC(=O)CN(C)CC(=O)OC. The maximum atomic E-state index is 12.4. The van der Waals surface area contributed by atoms with Gasteiger partial charge in [0.2, 0.25) is 23.6 Å². The Morgan fingerprint density at radius 2 is 1.40 bits per heavy atom. The number of esters is 1. The van der Waals surface area contributed by atoms with Crippen molar-refractivity contribution in [2.75, 3.05) is 67.1 Å². The van der Waals surface area contributed by atoms with Gasteiger partial charge in [0.25, 0.3) is 0 Å². The molecule has 13 nitrogen and oxygen atoms in total. The zero-order valence-corrected chi connectivity index (χ0v) is 17.7. The van der Waals surface area contributed by atoms with Gasteiger partial charge in [-0.05, 0) is 21.0 Å². The molecule has 0 radical (unpaired) electrons. The number of ether oxygens (including phenoxy) is 1. The summed E-state index contributed by atoms with van der Waals surface area (Å²) in [5.41, 5.74) is 0.